The first kappa shape index (κ1) is 35.1. The molecule has 0 saturated heterocycles. The van der Waals surface area contributed by atoms with Gasteiger partial charge in [-0.25, -0.2) is 4.79 Å². The Bertz CT molecular complexity index is 1140. The maximum Gasteiger partial charge on any atom is 0.326 e. The standard InChI is InChI=1S/C25H38N8O9/c26-15(12-13-3-5-14(34)6-4-13)21(38)31-17(7-9-19(27)35)23(40)32-16(2-1-11-30-25(28)29)22(39)33-18(24(41)42)8-10-20(36)37/h3-6,15-18,34H,1-2,7-12,26H2,(H2,27,35)(H,31,38)(H,32,40)(H,33,39)(H,36,37)(H,41,42)(H4,28,29,30). The number of phenolic OH excluding ortho intramolecular Hbond substituents is 1. The lowest BCUT2D eigenvalue weighted by molar-refractivity contribution is -0.143. The molecule has 17 heteroatoms. The Kier molecular flexibility index (Phi) is 14.8. The molecule has 0 aliphatic heterocycles. The predicted octanol–water partition coefficient (Wildman–Crippen LogP) is -3.02. The van der Waals surface area contributed by atoms with Crippen LogP contribution >= 0.6 is 0 Å². The van der Waals surface area contributed by atoms with Crippen LogP contribution in [0.2, 0.25) is 0 Å². The monoisotopic (exact) mass is 594 g/mol. The molecule has 4 unspecified atom stereocenters. The van der Waals surface area contributed by atoms with E-state index < -0.39 is 72.6 Å². The molecule has 0 spiro atoms. The Labute approximate surface area is 241 Å². The number of aliphatic carboxylic acids is 2. The van der Waals surface area contributed by atoms with Gasteiger partial charge in [-0.3, -0.25) is 29.0 Å². The minimum Gasteiger partial charge on any atom is -0.508 e. The molecule has 0 heterocycles. The fraction of sp³-hybridized carbons (Fsp3) is 0.480. The molecule has 0 saturated carbocycles. The largest absolute Gasteiger partial charge is 0.508 e. The molecular weight excluding hydrogens is 556 g/mol. The number of primary amides is 1. The van der Waals surface area contributed by atoms with E-state index in [4.69, 9.17) is 28.0 Å². The number of amides is 4. The summed E-state index contributed by atoms with van der Waals surface area (Å²) in [6.07, 6.45) is -1.35. The number of nitrogens with two attached hydrogens (primary N) is 4. The first-order chi connectivity index (χ1) is 19.7. The molecule has 1 rings (SSSR count). The molecule has 0 aliphatic rings. The van der Waals surface area contributed by atoms with Crippen molar-refractivity contribution in [2.45, 2.75) is 69.1 Å². The zero-order valence-corrected chi connectivity index (χ0v) is 22.8. The van der Waals surface area contributed by atoms with Crippen molar-refractivity contribution in [3.05, 3.63) is 29.8 Å². The molecule has 0 aromatic heterocycles. The van der Waals surface area contributed by atoms with Crippen LogP contribution in [0.5, 0.6) is 5.75 Å². The van der Waals surface area contributed by atoms with Crippen LogP contribution in [-0.2, 0) is 35.2 Å². The van der Waals surface area contributed by atoms with Gasteiger partial charge in [0, 0.05) is 19.4 Å². The van der Waals surface area contributed by atoms with E-state index in [-0.39, 0.29) is 50.4 Å². The van der Waals surface area contributed by atoms with Crippen molar-refractivity contribution in [2.24, 2.45) is 27.9 Å². The summed E-state index contributed by atoms with van der Waals surface area (Å²) in [6.45, 7) is 0.0668. The van der Waals surface area contributed by atoms with Gasteiger partial charge in [-0.2, -0.15) is 0 Å². The lowest BCUT2D eigenvalue weighted by Gasteiger charge is -2.25. The number of carboxylic acid groups (broad SMARTS) is 2. The molecule has 0 radical (unpaired) electrons. The molecule has 1 aromatic rings. The fourth-order valence-corrected chi connectivity index (χ4v) is 3.66. The average Bonchev–Trinajstić information content (AvgIpc) is 2.90. The highest BCUT2D eigenvalue weighted by atomic mass is 16.4. The van der Waals surface area contributed by atoms with Crippen LogP contribution < -0.4 is 38.9 Å². The van der Waals surface area contributed by atoms with Gasteiger partial charge in [0.05, 0.1) is 6.04 Å². The Morgan fingerprint density at radius 3 is 1.81 bits per heavy atom. The van der Waals surface area contributed by atoms with Gasteiger partial charge in [-0.05, 0) is 49.8 Å². The quantitative estimate of drug-likeness (QED) is 0.0435. The zero-order valence-electron chi connectivity index (χ0n) is 22.8. The summed E-state index contributed by atoms with van der Waals surface area (Å²) in [5, 5.41) is 34.8. The number of carbonyl (C=O) groups is 6. The summed E-state index contributed by atoms with van der Waals surface area (Å²) < 4.78 is 0. The van der Waals surface area contributed by atoms with Crippen molar-refractivity contribution in [2.75, 3.05) is 6.54 Å². The highest BCUT2D eigenvalue weighted by molar-refractivity contribution is 5.94. The number of nitrogens with zero attached hydrogens (tertiary/aromatic N) is 1. The number of guanidine groups is 1. The molecule has 14 N–H and O–H groups in total. The van der Waals surface area contributed by atoms with Crippen LogP contribution in [0.25, 0.3) is 0 Å². The number of nitrogens with one attached hydrogen (secondary N) is 3. The second-order valence-corrected chi connectivity index (χ2v) is 9.39. The Hall–Kier alpha value is -4.93. The molecule has 232 valence electrons. The van der Waals surface area contributed by atoms with Gasteiger partial charge in [0.25, 0.3) is 0 Å². The van der Waals surface area contributed by atoms with E-state index in [0.29, 0.717) is 5.56 Å². The minimum absolute atomic E-state index is 0.0217. The molecule has 0 aliphatic carbocycles. The van der Waals surface area contributed by atoms with Crippen LogP contribution in [0.3, 0.4) is 0 Å². The highest BCUT2D eigenvalue weighted by Crippen LogP contribution is 2.11. The third-order valence-corrected chi connectivity index (χ3v) is 5.88. The van der Waals surface area contributed by atoms with E-state index in [1.807, 2.05) is 0 Å². The number of carboxylic acids is 2. The first-order valence-corrected chi connectivity index (χ1v) is 12.9. The zero-order chi connectivity index (χ0) is 31.8. The maximum absolute atomic E-state index is 13.2. The van der Waals surface area contributed by atoms with Crippen molar-refractivity contribution >= 4 is 41.5 Å². The summed E-state index contributed by atoms with van der Waals surface area (Å²) in [4.78, 5) is 76.6. The lowest BCUT2D eigenvalue weighted by atomic mass is 10.0. The third kappa shape index (κ3) is 13.9. The van der Waals surface area contributed by atoms with Gasteiger partial charge < -0.3 is 54.2 Å². The van der Waals surface area contributed by atoms with E-state index >= 15 is 0 Å². The van der Waals surface area contributed by atoms with Crippen molar-refractivity contribution < 1.29 is 44.1 Å². The molecule has 4 atom stereocenters. The molecule has 42 heavy (non-hydrogen) atoms. The van der Waals surface area contributed by atoms with E-state index in [9.17, 15) is 39.0 Å². The van der Waals surface area contributed by atoms with Crippen LogP contribution in [0.15, 0.2) is 29.3 Å². The van der Waals surface area contributed by atoms with E-state index in [2.05, 4.69) is 20.9 Å². The smallest absolute Gasteiger partial charge is 0.326 e. The van der Waals surface area contributed by atoms with Crippen molar-refractivity contribution in [1.29, 1.82) is 0 Å². The maximum atomic E-state index is 13.2. The summed E-state index contributed by atoms with van der Waals surface area (Å²) in [7, 11) is 0. The minimum atomic E-state index is -1.56. The number of rotatable bonds is 19. The highest BCUT2D eigenvalue weighted by Gasteiger charge is 2.30. The number of carbonyl (C=O) groups excluding carboxylic acids is 4. The van der Waals surface area contributed by atoms with E-state index in [1.165, 1.54) is 12.1 Å². The Morgan fingerprint density at radius 2 is 1.29 bits per heavy atom. The fourth-order valence-electron chi connectivity index (χ4n) is 3.66. The molecule has 1 aromatic carbocycles. The van der Waals surface area contributed by atoms with Gasteiger partial charge in [-0.15, -0.1) is 0 Å². The van der Waals surface area contributed by atoms with Gasteiger partial charge >= 0.3 is 11.9 Å². The summed E-state index contributed by atoms with van der Waals surface area (Å²) >= 11 is 0. The summed E-state index contributed by atoms with van der Waals surface area (Å²) in [6, 6.07) is 0.564. The number of aromatic hydroxyl groups is 1. The van der Waals surface area contributed by atoms with Gasteiger partial charge in [0.1, 0.15) is 23.9 Å². The topological polar surface area (TPSA) is 316 Å². The Morgan fingerprint density at radius 1 is 0.762 bits per heavy atom. The second-order valence-electron chi connectivity index (χ2n) is 9.39. The molecule has 0 bridgehead atoms. The second kappa shape index (κ2) is 17.7. The summed E-state index contributed by atoms with van der Waals surface area (Å²) in [5.41, 5.74) is 22.4. The van der Waals surface area contributed by atoms with Crippen LogP contribution in [0.1, 0.15) is 44.1 Å². The number of phenols is 1. The molecular formula is C25H38N8O9. The average molecular weight is 595 g/mol. The van der Waals surface area contributed by atoms with Crippen LogP contribution in [0, 0.1) is 0 Å². The van der Waals surface area contributed by atoms with Gasteiger partial charge in [0.2, 0.25) is 23.6 Å². The van der Waals surface area contributed by atoms with Crippen molar-refractivity contribution in [3.63, 3.8) is 0 Å². The number of hydrogen-bond donors (Lipinski definition) is 10. The molecule has 17 nitrogen and oxygen atoms in total. The normalized spacial score (nSPS) is 13.5. The number of hydrogen-bond acceptors (Lipinski definition) is 9. The van der Waals surface area contributed by atoms with Crippen LogP contribution in [0.4, 0.5) is 0 Å². The Balaban J connectivity index is 3.07. The van der Waals surface area contributed by atoms with Gasteiger partial charge in [0.15, 0.2) is 5.96 Å². The van der Waals surface area contributed by atoms with E-state index in [0.717, 1.165) is 0 Å². The predicted molar refractivity (Wildman–Crippen MR) is 148 cm³/mol. The summed E-state index contributed by atoms with van der Waals surface area (Å²) in [5.74, 6) is -6.27. The molecule has 0 fully saturated rings. The number of aliphatic imine (C=N–C) groups is 1. The lowest BCUT2D eigenvalue weighted by Crippen LogP contribution is -2.57. The first-order valence-electron chi connectivity index (χ1n) is 12.9. The number of benzene rings is 1. The van der Waals surface area contributed by atoms with Gasteiger partial charge in [-0.1, -0.05) is 12.1 Å². The van der Waals surface area contributed by atoms with Crippen molar-refractivity contribution in [3.8, 4) is 5.75 Å². The molecule has 4 amide bonds. The van der Waals surface area contributed by atoms with Crippen LogP contribution in [-0.4, -0.2) is 87.6 Å². The third-order valence-electron chi connectivity index (χ3n) is 5.88. The van der Waals surface area contributed by atoms with Crippen molar-refractivity contribution in [1.82, 2.24) is 16.0 Å². The SMILES string of the molecule is NC(=O)CCC(NC(=O)C(N)Cc1ccc(O)cc1)C(=O)NC(CCCN=C(N)N)C(=O)NC(CCC(=O)O)C(=O)O. The van der Waals surface area contributed by atoms with E-state index in [1.54, 1.807) is 12.1 Å².